The molecule has 22 heavy (non-hydrogen) atoms. The quantitative estimate of drug-likeness (QED) is 0.577. The maximum absolute atomic E-state index is 12.7. The molecule has 0 aromatic heterocycles. The van der Waals surface area contributed by atoms with Gasteiger partial charge in [-0.3, -0.25) is 9.59 Å². The van der Waals surface area contributed by atoms with Gasteiger partial charge in [-0.25, -0.2) is 4.39 Å². The van der Waals surface area contributed by atoms with Crippen molar-refractivity contribution in [1.82, 2.24) is 10.6 Å². The zero-order chi connectivity index (χ0) is 15.5. The van der Waals surface area contributed by atoms with Crippen LogP contribution in [0.1, 0.15) is 12.8 Å². The monoisotopic (exact) mass is 333 g/mol. The number of halogens is 2. The molecule has 0 saturated heterocycles. The van der Waals surface area contributed by atoms with E-state index in [9.17, 15) is 14.0 Å². The molecule has 1 aromatic rings. The van der Waals surface area contributed by atoms with Gasteiger partial charge in [0.15, 0.2) is 0 Å². The predicted octanol–water partition coefficient (Wildman–Crippen LogP) is 0.598. The van der Waals surface area contributed by atoms with Gasteiger partial charge in [-0.2, -0.15) is 0 Å². The number of rotatable bonds is 9. The maximum atomic E-state index is 12.7. The van der Waals surface area contributed by atoms with Gasteiger partial charge in [0.05, 0.1) is 19.7 Å². The first-order valence-corrected chi connectivity index (χ1v) is 6.73. The van der Waals surface area contributed by atoms with E-state index < -0.39 is 0 Å². The molecule has 124 valence electrons. The first-order chi connectivity index (χ1) is 10.1. The summed E-state index contributed by atoms with van der Waals surface area (Å²) in [6.07, 6.45) is 1.50. The number of benzene rings is 1. The second kappa shape index (κ2) is 11.8. The highest BCUT2D eigenvalue weighted by Crippen LogP contribution is 2.11. The highest BCUT2D eigenvalue weighted by molar-refractivity contribution is 5.85. The molecule has 0 aliphatic heterocycles. The number of ether oxygens (including phenoxy) is 1. The van der Waals surface area contributed by atoms with Crippen LogP contribution in [0.4, 0.5) is 4.39 Å². The topological polar surface area (TPSA) is 93.5 Å². The highest BCUT2D eigenvalue weighted by Gasteiger charge is 2.02. The van der Waals surface area contributed by atoms with Crippen LogP contribution < -0.4 is 21.1 Å². The van der Waals surface area contributed by atoms with Crippen molar-refractivity contribution >= 4 is 24.2 Å². The van der Waals surface area contributed by atoms with Gasteiger partial charge in [0, 0.05) is 6.54 Å². The third-order valence-corrected chi connectivity index (χ3v) is 2.61. The first-order valence-electron chi connectivity index (χ1n) is 6.73. The van der Waals surface area contributed by atoms with E-state index in [1.165, 1.54) is 12.1 Å². The van der Waals surface area contributed by atoms with E-state index >= 15 is 0 Å². The van der Waals surface area contributed by atoms with Crippen LogP contribution in [0, 0.1) is 5.82 Å². The Hall–Kier alpha value is -1.86. The number of amides is 2. The molecule has 0 unspecified atom stereocenters. The van der Waals surface area contributed by atoms with Crippen LogP contribution in [0.3, 0.4) is 0 Å². The molecule has 1 aromatic carbocycles. The number of carbonyl (C=O) groups is 2. The second-order valence-corrected chi connectivity index (χ2v) is 4.34. The summed E-state index contributed by atoms with van der Waals surface area (Å²) in [7, 11) is 0. The maximum Gasteiger partial charge on any atom is 0.239 e. The Balaban J connectivity index is 0.00000441. The van der Waals surface area contributed by atoms with E-state index in [1.807, 2.05) is 0 Å². The Morgan fingerprint density at radius 3 is 2.41 bits per heavy atom. The lowest BCUT2D eigenvalue weighted by atomic mass is 10.3. The van der Waals surface area contributed by atoms with E-state index in [0.717, 1.165) is 12.8 Å². The van der Waals surface area contributed by atoms with Crippen molar-refractivity contribution in [2.75, 3.05) is 26.2 Å². The van der Waals surface area contributed by atoms with Gasteiger partial charge in [-0.15, -0.1) is 12.4 Å². The number of nitrogens with one attached hydrogen (secondary N) is 2. The lowest BCUT2D eigenvalue weighted by Crippen LogP contribution is -2.39. The van der Waals surface area contributed by atoms with E-state index in [2.05, 4.69) is 10.6 Å². The number of carbonyl (C=O) groups excluding carboxylic acids is 2. The average molecular weight is 334 g/mol. The van der Waals surface area contributed by atoms with Gasteiger partial charge in [0.25, 0.3) is 0 Å². The molecule has 0 heterocycles. The zero-order valence-electron chi connectivity index (χ0n) is 12.1. The van der Waals surface area contributed by atoms with Crippen molar-refractivity contribution in [2.45, 2.75) is 12.8 Å². The van der Waals surface area contributed by atoms with Crippen LogP contribution in [0.15, 0.2) is 24.3 Å². The van der Waals surface area contributed by atoms with Crippen molar-refractivity contribution in [2.24, 2.45) is 5.73 Å². The summed E-state index contributed by atoms with van der Waals surface area (Å²) >= 11 is 0. The smallest absolute Gasteiger partial charge is 0.239 e. The Kier molecular flexibility index (Phi) is 10.8. The molecule has 0 bridgehead atoms. The summed E-state index contributed by atoms with van der Waals surface area (Å²) in [6, 6.07) is 5.81. The Bertz CT molecular complexity index is 457. The minimum absolute atomic E-state index is 0. The van der Waals surface area contributed by atoms with Crippen LogP contribution >= 0.6 is 12.4 Å². The first kappa shape index (κ1) is 20.1. The molecule has 0 radical (unpaired) electrons. The largest absolute Gasteiger partial charge is 0.494 e. The zero-order valence-corrected chi connectivity index (χ0v) is 13.0. The van der Waals surface area contributed by atoms with Crippen molar-refractivity contribution < 1.29 is 18.7 Å². The molecule has 2 amide bonds. The summed E-state index contributed by atoms with van der Waals surface area (Å²) in [5, 5.41) is 5.05. The molecule has 0 aliphatic rings. The number of hydrogen-bond acceptors (Lipinski definition) is 4. The van der Waals surface area contributed by atoms with E-state index in [0.29, 0.717) is 18.9 Å². The van der Waals surface area contributed by atoms with Crippen LogP contribution in [-0.4, -0.2) is 38.1 Å². The fourth-order valence-corrected chi connectivity index (χ4v) is 1.49. The standard InChI is InChI=1S/C14H20FN3O3.ClH/c15-11-3-5-12(6-4-11)21-8-2-1-7-17-14(20)10-18-13(19)9-16;/h3-6H,1-2,7-10,16H2,(H,17,20)(H,18,19);1H. The minimum atomic E-state index is -0.363. The molecule has 4 N–H and O–H groups in total. The van der Waals surface area contributed by atoms with Crippen LogP contribution in [0.25, 0.3) is 0 Å². The number of unbranched alkanes of at least 4 members (excludes halogenated alkanes) is 1. The Morgan fingerprint density at radius 2 is 1.77 bits per heavy atom. The van der Waals surface area contributed by atoms with E-state index in [-0.39, 0.29) is 43.1 Å². The Labute approximate surface area is 135 Å². The molecular weight excluding hydrogens is 313 g/mol. The second-order valence-electron chi connectivity index (χ2n) is 4.34. The third kappa shape index (κ3) is 9.15. The van der Waals surface area contributed by atoms with Gasteiger partial charge >= 0.3 is 0 Å². The van der Waals surface area contributed by atoms with Crippen molar-refractivity contribution in [3.05, 3.63) is 30.1 Å². The van der Waals surface area contributed by atoms with Crippen LogP contribution in [0.2, 0.25) is 0 Å². The van der Waals surface area contributed by atoms with Gasteiger partial charge in [0.1, 0.15) is 11.6 Å². The molecule has 0 saturated carbocycles. The fourth-order valence-electron chi connectivity index (χ4n) is 1.49. The fraction of sp³-hybridized carbons (Fsp3) is 0.429. The normalized spacial score (nSPS) is 9.55. The molecule has 0 aliphatic carbocycles. The summed E-state index contributed by atoms with van der Waals surface area (Å²) in [4.78, 5) is 22.1. The average Bonchev–Trinajstić information content (AvgIpc) is 2.50. The van der Waals surface area contributed by atoms with Crippen molar-refractivity contribution in [3.8, 4) is 5.75 Å². The molecule has 0 atom stereocenters. The van der Waals surface area contributed by atoms with Crippen LogP contribution in [0.5, 0.6) is 5.75 Å². The van der Waals surface area contributed by atoms with E-state index in [1.54, 1.807) is 12.1 Å². The summed E-state index contributed by atoms with van der Waals surface area (Å²) in [5.41, 5.74) is 5.09. The molecule has 6 nitrogen and oxygen atoms in total. The predicted molar refractivity (Wildman–Crippen MR) is 83.5 cm³/mol. The lowest BCUT2D eigenvalue weighted by Gasteiger charge is -2.07. The molecular formula is C14H21ClFN3O3. The summed E-state index contributed by atoms with van der Waals surface area (Å²) in [5.74, 6) is -0.300. The van der Waals surface area contributed by atoms with Gasteiger partial charge < -0.3 is 21.1 Å². The van der Waals surface area contributed by atoms with Crippen molar-refractivity contribution in [3.63, 3.8) is 0 Å². The third-order valence-electron chi connectivity index (χ3n) is 2.61. The molecule has 1 rings (SSSR count). The summed E-state index contributed by atoms with van der Waals surface area (Å²) in [6.45, 7) is 0.797. The van der Waals surface area contributed by atoms with Gasteiger partial charge in [-0.1, -0.05) is 0 Å². The molecule has 0 spiro atoms. The van der Waals surface area contributed by atoms with Gasteiger partial charge in [-0.05, 0) is 37.1 Å². The molecule has 0 fully saturated rings. The minimum Gasteiger partial charge on any atom is -0.494 e. The highest BCUT2D eigenvalue weighted by atomic mass is 35.5. The molecule has 8 heteroatoms. The van der Waals surface area contributed by atoms with Crippen molar-refractivity contribution in [1.29, 1.82) is 0 Å². The number of nitrogens with two attached hydrogens (primary N) is 1. The number of hydrogen-bond donors (Lipinski definition) is 3. The Morgan fingerprint density at radius 1 is 1.09 bits per heavy atom. The van der Waals surface area contributed by atoms with Crippen LogP contribution in [-0.2, 0) is 9.59 Å². The van der Waals surface area contributed by atoms with Gasteiger partial charge in [0.2, 0.25) is 11.8 Å². The SMILES string of the molecule is Cl.NCC(=O)NCC(=O)NCCCCOc1ccc(F)cc1. The lowest BCUT2D eigenvalue weighted by molar-refractivity contribution is -0.125. The summed E-state index contributed by atoms with van der Waals surface area (Å²) < 4.78 is 18.1. The van der Waals surface area contributed by atoms with E-state index in [4.69, 9.17) is 10.5 Å².